The van der Waals surface area contributed by atoms with Crippen LogP contribution in [0.1, 0.15) is 18.7 Å². The Kier molecular flexibility index (Phi) is 2.51. The lowest BCUT2D eigenvalue weighted by atomic mass is 10.3. The van der Waals surface area contributed by atoms with Crippen LogP contribution in [-0.2, 0) is 0 Å². The van der Waals surface area contributed by atoms with E-state index in [-0.39, 0.29) is 6.04 Å². The lowest BCUT2D eigenvalue weighted by Crippen LogP contribution is -2.05. The summed E-state index contributed by atoms with van der Waals surface area (Å²) in [6.45, 7) is 1.86. The molecular weight excluding hydrogens is 265 g/mol. The molecule has 5 heteroatoms. The van der Waals surface area contributed by atoms with Gasteiger partial charge in [0, 0.05) is 16.7 Å². The first-order valence-electron chi connectivity index (χ1n) is 4.18. The zero-order valence-electron chi connectivity index (χ0n) is 7.54. The van der Waals surface area contributed by atoms with Crippen molar-refractivity contribution in [2.24, 2.45) is 5.73 Å². The van der Waals surface area contributed by atoms with Crippen molar-refractivity contribution in [1.29, 1.82) is 0 Å². The Hall–Kier alpha value is -0.580. The molecule has 0 spiro atoms. The van der Waals surface area contributed by atoms with Gasteiger partial charge in [-0.05, 0) is 35.0 Å². The smallest absolute Gasteiger partial charge is 0.138 e. The van der Waals surface area contributed by atoms with Crippen LogP contribution in [0.5, 0.6) is 0 Å². The molecule has 0 amide bonds. The second-order valence-corrected chi connectivity index (χ2v) is 4.43. The molecule has 2 N–H and O–H groups in total. The molecule has 0 saturated carbocycles. The van der Waals surface area contributed by atoms with Crippen LogP contribution in [0.2, 0.25) is 5.15 Å². The highest BCUT2D eigenvalue weighted by Gasteiger charge is 2.12. The van der Waals surface area contributed by atoms with Gasteiger partial charge in [0.15, 0.2) is 0 Å². The van der Waals surface area contributed by atoms with E-state index in [1.807, 2.05) is 29.7 Å². The van der Waals surface area contributed by atoms with E-state index in [1.54, 1.807) is 0 Å². The van der Waals surface area contributed by atoms with E-state index in [9.17, 15) is 0 Å². The van der Waals surface area contributed by atoms with Crippen LogP contribution in [0.4, 0.5) is 0 Å². The van der Waals surface area contributed by atoms with Crippen LogP contribution >= 0.6 is 27.5 Å². The van der Waals surface area contributed by atoms with Crippen molar-refractivity contribution >= 4 is 33.2 Å². The van der Waals surface area contributed by atoms with Gasteiger partial charge in [0.1, 0.15) is 10.8 Å². The van der Waals surface area contributed by atoms with Crippen LogP contribution in [0.25, 0.3) is 5.65 Å². The minimum absolute atomic E-state index is 0.152. The van der Waals surface area contributed by atoms with E-state index >= 15 is 0 Å². The third-order valence-corrected chi connectivity index (χ3v) is 2.82. The molecular formula is C9H9BrClN3. The normalized spacial score (nSPS) is 13.4. The summed E-state index contributed by atoms with van der Waals surface area (Å²) in [5.41, 5.74) is 7.28. The number of pyridine rings is 1. The molecule has 74 valence electrons. The summed E-state index contributed by atoms with van der Waals surface area (Å²) >= 11 is 9.50. The standard InChI is InChI=1S/C9H9BrClN3/c1-5(12)8-9(11)14-4-6(10)2-3-7(14)13-8/h2-5H,12H2,1H3. The Balaban J connectivity index is 2.74. The molecule has 2 aromatic heterocycles. The van der Waals surface area contributed by atoms with Gasteiger partial charge in [-0.1, -0.05) is 11.6 Å². The number of halogens is 2. The number of fused-ring (bicyclic) bond motifs is 1. The maximum atomic E-state index is 6.12. The second-order valence-electron chi connectivity index (χ2n) is 3.15. The number of hydrogen-bond acceptors (Lipinski definition) is 2. The fourth-order valence-corrected chi connectivity index (χ4v) is 1.98. The van der Waals surface area contributed by atoms with Crippen LogP contribution in [0.3, 0.4) is 0 Å². The van der Waals surface area contributed by atoms with Crippen molar-refractivity contribution in [2.75, 3.05) is 0 Å². The summed E-state index contributed by atoms with van der Waals surface area (Å²) in [6, 6.07) is 3.66. The van der Waals surface area contributed by atoms with Gasteiger partial charge in [-0.25, -0.2) is 4.98 Å². The second kappa shape index (κ2) is 3.53. The number of nitrogens with two attached hydrogens (primary N) is 1. The van der Waals surface area contributed by atoms with Crippen LogP contribution in [0.15, 0.2) is 22.8 Å². The van der Waals surface area contributed by atoms with Crippen molar-refractivity contribution in [1.82, 2.24) is 9.38 Å². The van der Waals surface area contributed by atoms with Gasteiger partial charge in [-0.2, -0.15) is 0 Å². The van der Waals surface area contributed by atoms with E-state index in [0.29, 0.717) is 5.15 Å². The zero-order chi connectivity index (χ0) is 10.3. The van der Waals surface area contributed by atoms with Crippen molar-refractivity contribution < 1.29 is 0 Å². The van der Waals surface area contributed by atoms with E-state index in [1.165, 1.54) is 0 Å². The first-order valence-corrected chi connectivity index (χ1v) is 5.35. The van der Waals surface area contributed by atoms with E-state index in [4.69, 9.17) is 17.3 Å². The monoisotopic (exact) mass is 273 g/mol. The SMILES string of the molecule is CC(N)c1nc2ccc(Br)cn2c1Cl. The Morgan fingerprint density at radius 1 is 1.57 bits per heavy atom. The summed E-state index contributed by atoms with van der Waals surface area (Å²) in [4.78, 5) is 4.34. The summed E-state index contributed by atoms with van der Waals surface area (Å²) < 4.78 is 2.77. The van der Waals surface area contributed by atoms with E-state index in [2.05, 4.69) is 20.9 Å². The fraction of sp³-hybridized carbons (Fsp3) is 0.222. The third kappa shape index (κ3) is 1.54. The largest absolute Gasteiger partial charge is 0.323 e. The lowest BCUT2D eigenvalue weighted by molar-refractivity contribution is 0.790. The highest BCUT2D eigenvalue weighted by atomic mass is 79.9. The Morgan fingerprint density at radius 2 is 2.29 bits per heavy atom. The number of imidazole rings is 1. The molecule has 0 radical (unpaired) electrons. The molecule has 1 atom stereocenters. The van der Waals surface area contributed by atoms with Gasteiger partial charge in [0.25, 0.3) is 0 Å². The molecule has 0 fully saturated rings. The highest BCUT2D eigenvalue weighted by molar-refractivity contribution is 9.10. The molecule has 14 heavy (non-hydrogen) atoms. The average molecular weight is 275 g/mol. The van der Waals surface area contributed by atoms with Gasteiger partial charge in [0.05, 0.1) is 5.69 Å². The number of aromatic nitrogens is 2. The predicted molar refractivity (Wildman–Crippen MR) is 60.5 cm³/mol. The highest BCUT2D eigenvalue weighted by Crippen LogP contribution is 2.24. The van der Waals surface area contributed by atoms with Crippen molar-refractivity contribution in [2.45, 2.75) is 13.0 Å². The Morgan fingerprint density at radius 3 is 2.93 bits per heavy atom. The molecule has 2 aromatic rings. The minimum atomic E-state index is -0.152. The number of nitrogens with zero attached hydrogens (tertiary/aromatic N) is 2. The molecule has 0 saturated heterocycles. The summed E-state index contributed by atoms with van der Waals surface area (Å²) in [6.07, 6.45) is 1.87. The van der Waals surface area contributed by atoms with Gasteiger partial charge in [-0.15, -0.1) is 0 Å². The third-order valence-electron chi connectivity index (χ3n) is 1.98. The van der Waals surface area contributed by atoms with Gasteiger partial charge in [0.2, 0.25) is 0 Å². The fourth-order valence-electron chi connectivity index (χ4n) is 1.30. The first kappa shape index (κ1) is 9.96. The Bertz CT molecular complexity index is 478. The van der Waals surface area contributed by atoms with Crippen LogP contribution in [-0.4, -0.2) is 9.38 Å². The van der Waals surface area contributed by atoms with Crippen LogP contribution in [0, 0.1) is 0 Å². The number of rotatable bonds is 1. The summed E-state index contributed by atoms with van der Waals surface area (Å²) in [5, 5.41) is 0.580. The van der Waals surface area contributed by atoms with Crippen molar-refractivity contribution in [3.63, 3.8) is 0 Å². The van der Waals surface area contributed by atoms with Gasteiger partial charge in [-0.3, -0.25) is 4.40 Å². The maximum absolute atomic E-state index is 6.12. The molecule has 1 unspecified atom stereocenters. The summed E-state index contributed by atoms with van der Waals surface area (Å²) in [5.74, 6) is 0. The molecule has 0 bridgehead atoms. The van der Waals surface area contributed by atoms with Crippen molar-refractivity contribution in [3.05, 3.63) is 33.6 Å². The van der Waals surface area contributed by atoms with E-state index < -0.39 is 0 Å². The van der Waals surface area contributed by atoms with E-state index in [0.717, 1.165) is 15.8 Å². The Labute approximate surface area is 95.0 Å². The van der Waals surface area contributed by atoms with Crippen molar-refractivity contribution in [3.8, 4) is 0 Å². The predicted octanol–water partition coefficient (Wildman–Crippen LogP) is 2.77. The quantitative estimate of drug-likeness (QED) is 0.869. The maximum Gasteiger partial charge on any atom is 0.138 e. The number of hydrogen-bond donors (Lipinski definition) is 1. The minimum Gasteiger partial charge on any atom is -0.323 e. The molecule has 0 aliphatic carbocycles. The molecule has 3 nitrogen and oxygen atoms in total. The molecule has 0 aliphatic heterocycles. The average Bonchev–Trinajstić information content (AvgIpc) is 2.44. The van der Waals surface area contributed by atoms with Gasteiger partial charge >= 0.3 is 0 Å². The van der Waals surface area contributed by atoms with Gasteiger partial charge < -0.3 is 5.73 Å². The first-order chi connectivity index (χ1) is 6.59. The molecule has 2 heterocycles. The molecule has 2 rings (SSSR count). The van der Waals surface area contributed by atoms with Crippen LogP contribution < -0.4 is 5.73 Å². The lowest BCUT2D eigenvalue weighted by Gasteiger charge is -1.99. The molecule has 0 aromatic carbocycles. The zero-order valence-corrected chi connectivity index (χ0v) is 9.88. The topological polar surface area (TPSA) is 43.3 Å². The molecule has 0 aliphatic rings. The summed E-state index contributed by atoms with van der Waals surface area (Å²) in [7, 11) is 0.